The Kier molecular flexibility index (Phi) is 4.74. The number of benzene rings is 2. The van der Waals surface area contributed by atoms with Crippen molar-refractivity contribution >= 4 is 40.3 Å². The molecule has 0 fully saturated rings. The highest BCUT2D eigenvalue weighted by Gasteiger charge is 2.15. The van der Waals surface area contributed by atoms with Crippen LogP contribution in [-0.4, -0.2) is 11.2 Å². The van der Waals surface area contributed by atoms with Crippen LogP contribution in [-0.2, 0) is 0 Å². The summed E-state index contributed by atoms with van der Waals surface area (Å²) < 4.78 is 40.2. The zero-order chi connectivity index (χ0) is 15.6. The minimum atomic E-state index is -1.27. The average Bonchev–Trinajstić information content (AvgIpc) is 2.43. The lowest BCUT2D eigenvalue weighted by molar-refractivity contribution is 0.498. The Morgan fingerprint density at radius 3 is 2.52 bits per heavy atom. The van der Waals surface area contributed by atoms with Gasteiger partial charge in [-0.25, -0.2) is 13.2 Å². The van der Waals surface area contributed by atoms with Crippen molar-refractivity contribution in [1.29, 1.82) is 0 Å². The van der Waals surface area contributed by atoms with E-state index in [-0.39, 0.29) is 10.7 Å². The van der Waals surface area contributed by atoms with Gasteiger partial charge in [0.1, 0.15) is 10.8 Å². The summed E-state index contributed by atoms with van der Waals surface area (Å²) in [4.78, 5) is 0.893. The molecule has 0 saturated heterocycles. The molecular formula is C14H11F3N2S2. The summed E-state index contributed by atoms with van der Waals surface area (Å²) in [6, 6.07) is 6.47. The molecular weight excluding hydrogens is 317 g/mol. The fraction of sp³-hybridized carbons (Fsp3) is 0.0714. The third kappa shape index (κ3) is 3.30. The van der Waals surface area contributed by atoms with Gasteiger partial charge in [-0.2, -0.15) is 0 Å². The number of nitrogens with two attached hydrogens (primary N) is 1. The number of thioether (sulfide) groups is 1. The van der Waals surface area contributed by atoms with Crippen molar-refractivity contribution in [3.63, 3.8) is 0 Å². The molecule has 0 amide bonds. The normalized spacial score (nSPS) is 10.5. The van der Waals surface area contributed by atoms with Gasteiger partial charge in [0.25, 0.3) is 0 Å². The molecule has 2 rings (SSSR count). The third-order valence-corrected chi connectivity index (χ3v) is 3.74. The fourth-order valence-corrected chi connectivity index (χ4v) is 2.77. The molecule has 0 aliphatic rings. The largest absolute Gasteiger partial charge is 0.389 e. The lowest BCUT2D eigenvalue weighted by Crippen LogP contribution is -2.13. The zero-order valence-corrected chi connectivity index (χ0v) is 12.5. The first-order chi connectivity index (χ1) is 9.93. The lowest BCUT2D eigenvalue weighted by atomic mass is 10.1. The van der Waals surface area contributed by atoms with Crippen LogP contribution in [0.25, 0.3) is 0 Å². The standard InChI is InChI=1S/C14H11F3N2S2/c1-21-11-4-2-3-9(12(11)14(18)20)19-10-6-7(15)5-8(16)13(10)17/h2-6,19H,1H3,(H2,18,20). The van der Waals surface area contributed by atoms with Crippen molar-refractivity contribution < 1.29 is 13.2 Å². The number of halogens is 3. The third-order valence-electron chi connectivity index (χ3n) is 2.75. The smallest absolute Gasteiger partial charge is 0.182 e. The minimum Gasteiger partial charge on any atom is -0.389 e. The Balaban J connectivity index is 2.52. The van der Waals surface area contributed by atoms with Crippen LogP contribution in [0.5, 0.6) is 0 Å². The Morgan fingerprint density at radius 1 is 1.19 bits per heavy atom. The van der Waals surface area contributed by atoms with Crippen LogP contribution in [0.4, 0.5) is 24.5 Å². The van der Waals surface area contributed by atoms with E-state index in [1.54, 1.807) is 18.2 Å². The maximum absolute atomic E-state index is 13.7. The molecule has 21 heavy (non-hydrogen) atoms. The molecule has 2 aromatic rings. The molecule has 0 spiro atoms. The van der Waals surface area contributed by atoms with Crippen LogP contribution in [0, 0.1) is 17.5 Å². The van der Waals surface area contributed by atoms with Gasteiger partial charge < -0.3 is 11.1 Å². The van der Waals surface area contributed by atoms with Crippen molar-refractivity contribution in [3.8, 4) is 0 Å². The summed E-state index contributed by atoms with van der Waals surface area (Å²) in [5.74, 6) is -3.32. The van der Waals surface area contributed by atoms with Crippen LogP contribution in [0.3, 0.4) is 0 Å². The van der Waals surface area contributed by atoms with Gasteiger partial charge >= 0.3 is 0 Å². The van der Waals surface area contributed by atoms with Gasteiger partial charge in [0.05, 0.1) is 5.69 Å². The van der Waals surface area contributed by atoms with Gasteiger partial charge in [-0.05, 0) is 18.4 Å². The second-order valence-corrected chi connectivity index (χ2v) is 5.41. The Labute approximate surface area is 129 Å². The van der Waals surface area contributed by atoms with Crippen molar-refractivity contribution in [1.82, 2.24) is 0 Å². The number of rotatable bonds is 4. The molecule has 0 unspecified atom stereocenters. The van der Waals surface area contributed by atoms with Crippen molar-refractivity contribution in [2.24, 2.45) is 5.73 Å². The van der Waals surface area contributed by atoms with Gasteiger partial charge in [-0.1, -0.05) is 18.3 Å². The first kappa shape index (κ1) is 15.7. The van der Waals surface area contributed by atoms with E-state index in [2.05, 4.69) is 5.32 Å². The SMILES string of the molecule is CSc1cccc(Nc2cc(F)cc(F)c2F)c1C(N)=S. The number of anilines is 2. The molecule has 7 heteroatoms. The van der Waals surface area contributed by atoms with Crippen LogP contribution in [0.2, 0.25) is 0 Å². The lowest BCUT2D eigenvalue weighted by Gasteiger charge is -2.15. The van der Waals surface area contributed by atoms with Crippen LogP contribution in [0.1, 0.15) is 5.56 Å². The predicted molar refractivity (Wildman–Crippen MR) is 83.7 cm³/mol. The van der Waals surface area contributed by atoms with E-state index in [0.29, 0.717) is 17.3 Å². The number of hydrogen-bond donors (Lipinski definition) is 2. The molecule has 0 aromatic heterocycles. The topological polar surface area (TPSA) is 38.0 Å². The van der Waals surface area contributed by atoms with E-state index in [0.717, 1.165) is 11.0 Å². The zero-order valence-electron chi connectivity index (χ0n) is 10.9. The van der Waals surface area contributed by atoms with Crippen LogP contribution >= 0.6 is 24.0 Å². The summed E-state index contributed by atoms with van der Waals surface area (Å²) >= 11 is 6.40. The molecule has 110 valence electrons. The summed E-state index contributed by atoms with van der Waals surface area (Å²) in [5.41, 5.74) is 6.25. The highest BCUT2D eigenvalue weighted by Crippen LogP contribution is 2.31. The molecule has 2 nitrogen and oxygen atoms in total. The highest BCUT2D eigenvalue weighted by molar-refractivity contribution is 7.98. The van der Waals surface area contributed by atoms with Crippen LogP contribution < -0.4 is 11.1 Å². The van der Waals surface area contributed by atoms with Gasteiger partial charge in [0.2, 0.25) is 0 Å². The summed E-state index contributed by atoms with van der Waals surface area (Å²) in [6.45, 7) is 0. The molecule has 3 N–H and O–H groups in total. The average molecular weight is 328 g/mol. The van der Waals surface area contributed by atoms with Crippen molar-refractivity contribution in [2.45, 2.75) is 4.90 Å². The second-order valence-electron chi connectivity index (χ2n) is 4.12. The van der Waals surface area contributed by atoms with Gasteiger partial charge in [0.15, 0.2) is 11.6 Å². The molecule has 0 aliphatic carbocycles. The van der Waals surface area contributed by atoms with Crippen LogP contribution in [0.15, 0.2) is 35.2 Å². The summed E-state index contributed by atoms with van der Waals surface area (Å²) in [7, 11) is 0. The first-order valence-corrected chi connectivity index (χ1v) is 7.45. The van der Waals surface area contributed by atoms with E-state index in [9.17, 15) is 13.2 Å². The molecule has 0 bridgehead atoms. The van der Waals surface area contributed by atoms with Crippen molar-refractivity contribution in [3.05, 3.63) is 53.3 Å². The van der Waals surface area contributed by atoms with Crippen molar-refractivity contribution in [2.75, 3.05) is 11.6 Å². The molecule has 0 atom stereocenters. The highest BCUT2D eigenvalue weighted by atomic mass is 32.2. The second kappa shape index (κ2) is 6.36. The van der Waals surface area contributed by atoms with Gasteiger partial charge in [-0.15, -0.1) is 11.8 Å². The number of hydrogen-bond acceptors (Lipinski definition) is 3. The van der Waals surface area contributed by atoms with Gasteiger partial charge in [-0.3, -0.25) is 0 Å². The maximum Gasteiger partial charge on any atom is 0.182 e. The van der Waals surface area contributed by atoms with Gasteiger partial charge in [0, 0.05) is 28.3 Å². The van der Waals surface area contributed by atoms with E-state index < -0.39 is 17.5 Å². The van der Waals surface area contributed by atoms with E-state index in [1.165, 1.54) is 11.8 Å². The summed E-state index contributed by atoms with van der Waals surface area (Å²) in [6.07, 6.45) is 1.84. The fourth-order valence-electron chi connectivity index (χ4n) is 1.85. The molecule has 0 heterocycles. The van der Waals surface area contributed by atoms with E-state index in [1.807, 2.05) is 6.26 Å². The molecule has 0 aliphatic heterocycles. The predicted octanol–water partition coefficient (Wildman–Crippen LogP) is 4.20. The van der Waals surface area contributed by atoms with E-state index >= 15 is 0 Å². The Bertz CT molecular complexity index is 705. The molecule has 0 radical (unpaired) electrons. The number of thiocarbonyl (C=S) groups is 1. The Hall–Kier alpha value is -1.73. The quantitative estimate of drug-likeness (QED) is 0.501. The molecule has 2 aromatic carbocycles. The minimum absolute atomic E-state index is 0.111. The molecule has 0 saturated carbocycles. The monoisotopic (exact) mass is 328 g/mol. The first-order valence-electron chi connectivity index (χ1n) is 5.82. The number of nitrogens with one attached hydrogen (secondary N) is 1. The van der Waals surface area contributed by atoms with E-state index in [4.69, 9.17) is 18.0 Å². The maximum atomic E-state index is 13.7. The summed E-state index contributed by atoms with van der Waals surface area (Å²) in [5, 5.41) is 2.64. The Morgan fingerprint density at radius 2 is 1.90 bits per heavy atom.